The third-order valence-corrected chi connectivity index (χ3v) is 4.54. The summed E-state index contributed by atoms with van der Waals surface area (Å²) in [5.41, 5.74) is 0.832. The fourth-order valence-electron chi connectivity index (χ4n) is 3.25. The lowest BCUT2D eigenvalue weighted by Crippen LogP contribution is -2.37. The Bertz CT molecular complexity index is 538. The monoisotopic (exact) mass is 306 g/mol. The van der Waals surface area contributed by atoms with Crippen LogP contribution in [0, 0.1) is 0 Å². The highest BCUT2D eigenvalue weighted by atomic mass is 16.4. The zero-order valence-electron chi connectivity index (χ0n) is 12.6. The predicted octanol–water partition coefficient (Wildman–Crippen LogP) is 2.03. The van der Waals surface area contributed by atoms with Crippen molar-refractivity contribution in [1.29, 1.82) is 0 Å². The number of rotatable bonds is 2. The lowest BCUT2D eigenvalue weighted by Gasteiger charge is -2.31. The van der Waals surface area contributed by atoms with Gasteiger partial charge in [-0.25, -0.2) is 9.78 Å². The van der Waals surface area contributed by atoms with Gasteiger partial charge in [0.05, 0.1) is 5.69 Å². The van der Waals surface area contributed by atoms with Crippen LogP contribution in [0.2, 0.25) is 0 Å². The number of aromatic nitrogens is 2. The molecule has 0 atom stereocenters. The molecule has 2 saturated heterocycles. The first-order valence-corrected chi connectivity index (χ1v) is 7.94. The molecule has 7 heteroatoms. The maximum absolute atomic E-state index is 11.0. The Morgan fingerprint density at radius 3 is 2.41 bits per heavy atom. The average molecular weight is 306 g/mol. The molecule has 7 nitrogen and oxygen atoms in total. The Balaban J connectivity index is 1.74. The largest absolute Gasteiger partial charge is 0.493 e. The second-order valence-electron chi connectivity index (χ2n) is 6.04. The Morgan fingerprint density at radius 2 is 1.77 bits per heavy atom. The van der Waals surface area contributed by atoms with Gasteiger partial charge in [-0.1, -0.05) is 0 Å². The van der Waals surface area contributed by atoms with Gasteiger partial charge in [-0.2, -0.15) is 4.98 Å². The van der Waals surface area contributed by atoms with Gasteiger partial charge in [0.1, 0.15) is 0 Å². The van der Waals surface area contributed by atoms with Gasteiger partial charge in [-0.05, 0) is 32.1 Å². The van der Waals surface area contributed by atoms with Crippen molar-refractivity contribution in [3.05, 3.63) is 11.8 Å². The van der Waals surface area contributed by atoms with Crippen LogP contribution in [-0.2, 0) is 0 Å². The van der Waals surface area contributed by atoms with Gasteiger partial charge >= 0.3 is 6.09 Å². The molecule has 1 aromatic heterocycles. The fourth-order valence-corrected chi connectivity index (χ4v) is 3.25. The van der Waals surface area contributed by atoms with E-state index in [4.69, 9.17) is 5.11 Å². The summed E-state index contributed by atoms with van der Waals surface area (Å²) in [6.07, 6.45) is 4.11. The maximum atomic E-state index is 11.0. The van der Waals surface area contributed by atoms with Crippen LogP contribution in [0.15, 0.2) is 6.07 Å². The van der Waals surface area contributed by atoms with Gasteiger partial charge in [0.25, 0.3) is 0 Å². The predicted molar refractivity (Wildman–Crippen MR) is 81.3 cm³/mol. The zero-order valence-corrected chi connectivity index (χ0v) is 12.6. The van der Waals surface area contributed by atoms with Crippen molar-refractivity contribution in [3.8, 4) is 5.88 Å². The molecule has 0 saturated carbocycles. The van der Waals surface area contributed by atoms with Crippen molar-refractivity contribution in [2.24, 2.45) is 0 Å². The van der Waals surface area contributed by atoms with E-state index < -0.39 is 6.09 Å². The van der Waals surface area contributed by atoms with E-state index in [0.29, 0.717) is 19.0 Å². The number of hydrogen-bond donors (Lipinski definition) is 2. The normalized spacial score (nSPS) is 20.2. The summed E-state index contributed by atoms with van der Waals surface area (Å²) in [6.45, 7) is 2.90. The highest BCUT2D eigenvalue weighted by Crippen LogP contribution is 2.30. The van der Waals surface area contributed by atoms with Crippen molar-refractivity contribution in [1.82, 2.24) is 14.9 Å². The first kappa shape index (κ1) is 14.9. The first-order valence-electron chi connectivity index (χ1n) is 7.94. The minimum absolute atomic E-state index is 0.00578. The van der Waals surface area contributed by atoms with Crippen molar-refractivity contribution >= 4 is 12.0 Å². The van der Waals surface area contributed by atoms with Gasteiger partial charge in [0.2, 0.25) is 11.8 Å². The summed E-state index contributed by atoms with van der Waals surface area (Å²) in [5, 5.41) is 18.9. The molecule has 2 aliphatic rings. The molecule has 0 aromatic carbocycles. The van der Waals surface area contributed by atoms with Crippen LogP contribution in [-0.4, -0.2) is 57.4 Å². The van der Waals surface area contributed by atoms with Crippen molar-refractivity contribution in [2.45, 2.75) is 38.0 Å². The highest BCUT2D eigenvalue weighted by Gasteiger charge is 2.26. The van der Waals surface area contributed by atoms with Crippen molar-refractivity contribution in [3.63, 3.8) is 0 Å². The summed E-state index contributed by atoms with van der Waals surface area (Å²) in [6, 6.07) is 1.62. The van der Waals surface area contributed by atoms with Crippen LogP contribution in [0.25, 0.3) is 0 Å². The summed E-state index contributed by atoms with van der Waals surface area (Å²) < 4.78 is 0. The number of anilines is 1. The van der Waals surface area contributed by atoms with E-state index in [9.17, 15) is 9.90 Å². The number of hydrogen-bond acceptors (Lipinski definition) is 5. The molecule has 2 fully saturated rings. The molecular weight excluding hydrogens is 284 g/mol. The van der Waals surface area contributed by atoms with E-state index in [0.717, 1.165) is 44.5 Å². The number of piperidine rings is 2. The molecule has 0 spiro atoms. The number of nitrogens with zero attached hydrogens (tertiary/aromatic N) is 4. The number of amides is 1. The Morgan fingerprint density at radius 1 is 1.09 bits per heavy atom. The van der Waals surface area contributed by atoms with Crippen LogP contribution in [0.1, 0.15) is 43.7 Å². The van der Waals surface area contributed by atoms with E-state index in [-0.39, 0.29) is 11.8 Å². The summed E-state index contributed by atoms with van der Waals surface area (Å²) in [5.74, 6) is 0.801. The minimum atomic E-state index is -0.863. The quantitative estimate of drug-likeness (QED) is 0.869. The molecular formula is C15H22N4O3. The average Bonchev–Trinajstić information content (AvgIpc) is 2.55. The molecule has 3 rings (SSSR count). The topological polar surface area (TPSA) is 89.8 Å². The van der Waals surface area contributed by atoms with Gasteiger partial charge in [0, 0.05) is 38.2 Å². The summed E-state index contributed by atoms with van der Waals surface area (Å²) in [7, 11) is 0. The number of carbonyl (C=O) groups is 1. The van der Waals surface area contributed by atoms with Gasteiger partial charge in [-0.3, -0.25) is 0 Å². The van der Waals surface area contributed by atoms with E-state index >= 15 is 0 Å². The smallest absolute Gasteiger partial charge is 0.407 e. The minimum Gasteiger partial charge on any atom is -0.493 e. The van der Waals surface area contributed by atoms with Gasteiger partial charge in [0.15, 0.2) is 0 Å². The lowest BCUT2D eigenvalue weighted by molar-refractivity contribution is 0.131. The standard InChI is InChI=1S/C15H22N4O3/c20-13-10-12(11-4-8-19(9-5-11)15(21)22)16-14(17-13)18-6-2-1-3-7-18/h10-11H,1-9H2,(H,21,22)(H,16,17,20). The fraction of sp³-hybridized carbons (Fsp3) is 0.667. The lowest BCUT2D eigenvalue weighted by atomic mass is 9.93. The van der Waals surface area contributed by atoms with Crippen LogP contribution in [0.3, 0.4) is 0 Å². The van der Waals surface area contributed by atoms with Gasteiger partial charge in [-0.15, -0.1) is 0 Å². The summed E-state index contributed by atoms with van der Waals surface area (Å²) >= 11 is 0. The molecule has 22 heavy (non-hydrogen) atoms. The third-order valence-electron chi connectivity index (χ3n) is 4.54. The van der Waals surface area contributed by atoms with Crippen LogP contribution < -0.4 is 4.90 Å². The van der Waals surface area contributed by atoms with Crippen molar-refractivity contribution < 1.29 is 15.0 Å². The molecule has 2 N–H and O–H groups in total. The molecule has 0 radical (unpaired) electrons. The Kier molecular flexibility index (Phi) is 4.31. The van der Waals surface area contributed by atoms with Crippen LogP contribution in [0.5, 0.6) is 5.88 Å². The second-order valence-corrected chi connectivity index (χ2v) is 6.04. The number of likely N-dealkylation sites (tertiary alicyclic amines) is 1. The van der Waals surface area contributed by atoms with Crippen LogP contribution >= 0.6 is 0 Å². The second kappa shape index (κ2) is 6.37. The number of aromatic hydroxyl groups is 1. The maximum Gasteiger partial charge on any atom is 0.407 e. The van der Waals surface area contributed by atoms with Crippen molar-refractivity contribution in [2.75, 3.05) is 31.1 Å². The molecule has 120 valence electrons. The molecule has 1 aromatic rings. The highest BCUT2D eigenvalue weighted by molar-refractivity contribution is 5.65. The molecule has 0 aliphatic carbocycles. The van der Waals surface area contributed by atoms with Gasteiger partial charge < -0.3 is 20.0 Å². The Labute approximate surface area is 129 Å². The van der Waals surface area contributed by atoms with Crippen LogP contribution in [0.4, 0.5) is 10.7 Å². The summed E-state index contributed by atoms with van der Waals surface area (Å²) in [4.78, 5) is 23.3. The third kappa shape index (κ3) is 3.23. The SMILES string of the molecule is O=C(O)N1CCC(c2cc(O)nc(N3CCCCC3)n2)CC1. The van der Waals surface area contributed by atoms with E-state index in [1.165, 1.54) is 11.3 Å². The molecule has 3 heterocycles. The van der Waals surface area contributed by atoms with E-state index in [2.05, 4.69) is 14.9 Å². The number of carboxylic acid groups (broad SMARTS) is 1. The first-order chi connectivity index (χ1) is 10.6. The zero-order chi connectivity index (χ0) is 15.5. The molecule has 0 bridgehead atoms. The Hall–Kier alpha value is -2.05. The van der Waals surface area contributed by atoms with E-state index in [1.807, 2.05) is 0 Å². The molecule has 2 aliphatic heterocycles. The molecule has 1 amide bonds. The van der Waals surface area contributed by atoms with E-state index in [1.54, 1.807) is 6.07 Å². The molecule has 0 unspecified atom stereocenters.